The fourth-order valence-electron chi connectivity index (χ4n) is 6.87. The largest absolute Gasteiger partial charge is 0.269 e. The molecule has 1 atom stereocenters. The zero-order chi connectivity index (χ0) is 25.2. The maximum absolute atomic E-state index is 11.4. The van der Waals surface area contributed by atoms with E-state index in [1.807, 2.05) is 12.1 Å². The van der Waals surface area contributed by atoms with Crippen LogP contribution in [0.2, 0.25) is 0 Å². The van der Waals surface area contributed by atoms with E-state index in [0.717, 1.165) is 18.4 Å². The third-order valence-corrected chi connectivity index (χ3v) is 8.60. The Labute approximate surface area is 219 Å². The highest BCUT2D eigenvalue weighted by Gasteiger charge is 2.35. The van der Waals surface area contributed by atoms with Gasteiger partial charge in [-0.25, -0.2) is 0 Å². The first kappa shape index (κ1) is 23.9. The van der Waals surface area contributed by atoms with Gasteiger partial charge in [0.15, 0.2) is 0 Å². The minimum absolute atomic E-state index is 0.112. The van der Waals surface area contributed by atoms with Crippen LogP contribution in [0, 0.1) is 10.1 Å². The van der Waals surface area contributed by atoms with E-state index in [-0.39, 0.29) is 16.5 Å². The fourth-order valence-corrected chi connectivity index (χ4v) is 6.87. The molecule has 0 amide bonds. The Kier molecular flexibility index (Phi) is 6.78. The summed E-state index contributed by atoms with van der Waals surface area (Å²) in [6.07, 6.45) is 14.1. The summed E-state index contributed by atoms with van der Waals surface area (Å²) >= 11 is 0. The number of fused-ring (bicyclic) bond motifs is 8. The normalized spacial score (nSPS) is 18.1. The Morgan fingerprint density at radius 1 is 0.622 bits per heavy atom. The lowest BCUT2D eigenvalue weighted by Gasteiger charge is -2.23. The highest BCUT2D eigenvalue weighted by molar-refractivity contribution is 6.05. The number of non-ortho nitro benzene ring substituents is 1. The van der Waals surface area contributed by atoms with Crippen LogP contribution in [-0.2, 0) is 12.8 Å². The molecule has 0 aromatic heterocycles. The number of nitrogens with zero attached hydrogens (tertiary/aromatic N) is 1. The first-order valence-corrected chi connectivity index (χ1v) is 14.1. The summed E-state index contributed by atoms with van der Waals surface area (Å²) in [4.78, 5) is 11.1. The molecule has 37 heavy (non-hydrogen) atoms. The Balaban J connectivity index is 1.59. The van der Waals surface area contributed by atoms with Crippen molar-refractivity contribution in [1.29, 1.82) is 0 Å². The zero-order valence-corrected chi connectivity index (χ0v) is 21.5. The van der Waals surface area contributed by atoms with Crippen LogP contribution in [0.5, 0.6) is 0 Å². The number of nitro groups is 1. The maximum Gasteiger partial charge on any atom is 0.269 e. The lowest BCUT2D eigenvalue weighted by molar-refractivity contribution is -0.384. The summed E-state index contributed by atoms with van der Waals surface area (Å²) < 4.78 is 0. The molecule has 1 unspecified atom stereocenters. The molecule has 0 bridgehead atoms. The summed E-state index contributed by atoms with van der Waals surface area (Å²) in [5.41, 5.74) is 9.89. The molecule has 0 saturated heterocycles. The van der Waals surface area contributed by atoms with Crippen LogP contribution in [0.4, 0.5) is 5.69 Å². The van der Waals surface area contributed by atoms with Crippen molar-refractivity contribution in [1.82, 2.24) is 0 Å². The van der Waals surface area contributed by atoms with Gasteiger partial charge >= 0.3 is 0 Å². The van der Waals surface area contributed by atoms with Crippen molar-refractivity contribution in [2.24, 2.45) is 0 Å². The predicted molar refractivity (Wildman–Crippen MR) is 152 cm³/mol. The SMILES string of the molecule is O=[N+]([O-])c1ccc(C2c3ccccc3-c3c2c2c(c4ccccc34)CCCCCCCCCCC2)cc1. The van der Waals surface area contributed by atoms with Gasteiger partial charge in [0.05, 0.1) is 4.92 Å². The van der Waals surface area contributed by atoms with Crippen molar-refractivity contribution < 1.29 is 4.92 Å². The summed E-state index contributed by atoms with van der Waals surface area (Å²) in [6, 6.07) is 25.2. The van der Waals surface area contributed by atoms with Gasteiger partial charge in [-0.1, -0.05) is 106 Å². The van der Waals surface area contributed by atoms with Gasteiger partial charge in [0.1, 0.15) is 0 Å². The molecule has 0 spiro atoms. The number of hydrogen-bond donors (Lipinski definition) is 0. The first-order chi connectivity index (χ1) is 18.2. The molecule has 0 heterocycles. The molecule has 0 radical (unpaired) electrons. The van der Waals surface area contributed by atoms with E-state index in [9.17, 15) is 10.1 Å². The van der Waals surface area contributed by atoms with Gasteiger partial charge < -0.3 is 0 Å². The molecule has 2 aliphatic rings. The van der Waals surface area contributed by atoms with E-state index in [1.54, 1.807) is 23.3 Å². The second-order valence-corrected chi connectivity index (χ2v) is 10.8. The molecular formula is C34H35NO2. The summed E-state index contributed by atoms with van der Waals surface area (Å²) in [6.45, 7) is 0. The molecule has 4 aromatic carbocycles. The highest BCUT2D eigenvalue weighted by Crippen LogP contribution is 2.53. The van der Waals surface area contributed by atoms with E-state index in [0.29, 0.717) is 0 Å². The van der Waals surface area contributed by atoms with Crippen LogP contribution < -0.4 is 0 Å². The molecule has 2 aliphatic carbocycles. The number of nitro benzene ring substituents is 1. The first-order valence-electron chi connectivity index (χ1n) is 14.1. The standard InChI is InChI=1S/C34H35NO2/c36-35(37)25-22-20-24(21-23-25)32-30-18-12-13-19-31(30)33-28-17-11-10-15-26(28)27-14-8-6-4-2-1-3-5-7-9-16-29(27)34(32)33/h10-13,15,17-23,32H,1-9,14,16H2. The Morgan fingerprint density at radius 2 is 1.19 bits per heavy atom. The van der Waals surface area contributed by atoms with Crippen molar-refractivity contribution in [3.8, 4) is 11.1 Å². The Bertz CT molecular complexity index is 1440. The Hall–Kier alpha value is -3.46. The van der Waals surface area contributed by atoms with Crippen LogP contribution in [0.3, 0.4) is 0 Å². The third kappa shape index (κ3) is 4.45. The van der Waals surface area contributed by atoms with Gasteiger partial charge in [0.2, 0.25) is 0 Å². The van der Waals surface area contributed by atoms with Gasteiger partial charge in [-0.3, -0.25) is 10.1 Å². The number of aryl methyl sites for hydroxylation is 1. The summed E-state index contributed by atoms with van der Waals surface area (Å²) in [5, 5.41) is 14.2. The highest BCUT2D eigenvalue weighted by atomic mass is 16.6. The van der Waals surface area contributed by atoms with Crippen molar-refractivity contribution >= 4 is 16.5 Å². The van der Waals surface area contributed by atoms with Crippen LogP contribution >= 0.6 is 0 Å². The smallest absolute Gasteiger partial charge is 0.258 e. The molecule has 4 aromatic rings. The topological polar surface area (TPSA) is 43.1 Å². The quantitative estimate of drug-likeness (QED) is 0.183. The van der Waals surface area contributed by atoms with Gasteiger partial charge in [-0.05, 0) is 75.4 Å². The minimum Gasteiger partial charge on any atom is -0.258 e. The number of rotatable bonds is 2. The predicted octanol–water partition coefficient (Wildman–Crippen LogP) is 9.52. The minimum atomic E-state index is -0.302. The van der Waals surface area contributed by atoms with Crippen molar-refractivity contribution in [3.05, 3.63) is 111 Å². The average Bonchev–Trinajstić information content (AvgIpc) is 3.28. The van der Waals surface area contributed by atoms with E-state index >= 15 is 0 Å². The molecule has 0 N–H and O–H groups in total. The van der Waals surface area contributed by atoms with Gasteiger partial charge in [0, 0.05) is 18.1 Å². The van der Waals surface area contributed by atoms with Crippen molar-refractivity contribution in [3.63, 3.8) is 0 Å². The second kappa shape index (κ2) is 10.5. The molecule has 3 nitrogen and oxygen atoms in total. The average molecular weight is 490 g/mol. The van der Waals surface area contributed by atoms with Crippen molar-refractivity contribution in [2.75, 3.05) is 0 Å². The second-order valence-electron chi connectivity index (χ2n) is 10.8. The maximum atomic E-state index is 11.4. The zero-order valence-electron chi connectivity index (χ0n) is 21.5. The van der Waals surface area contributed by atoms with Gasteiger partial charge in [-0.15, -0.1) is 0 Å². The summed E-state index contributed by atoms with van der Waals surface area (Å²) in [7, 11) is 0. The van der Waals surface area contributed by atoms with Crippen LogP contribution in [0.25, 0.3) is 21.9 Å². The van der Waals surface area contributed by atoms with Gasteiger partial charge in [-0.2, -0.15) is 0 Å². The number of hydrogen-bond acceptors (Lipinski definition) is 2. The lowest BCUT2D eigenvalue weighted by atomic mass is 9.80. The Morgan fingerprint density at radius 3 is 1.86 bits per heavy atom. The lowest BCUT2D eigenvalue weighted by Crippen LogP contribution is -2.08. The number of benzene rings is 4. The monoisotopic (exact) mass is 489 g/mol. The molecule has 0 aliphatic heterocycles. The van der Waals surface area contributed by atoms with Crippen LogP contribution in [-0.4, -0.2) is 4.92 Å². The molecule has 0 saturated carbocycles. The van der Waals surface area contributed by atoms with Gasteiger partial charge in [0.25, 0.3) is 5.69 Å². The van der Waals surface area contributed by atoms with E-state index in [2.05, 4.69) is 48.5 Å². The fraction of sp³-hybridized carbons (Fsp3) is 0.353. The molecule has 0 fully saturated rings. The van der Waals surface area contributed by atoms with Crippen molar-refractivity contribution in [2.45, 2.75) is 76.5 Å². The van der Waals surface area contributed by atoms with Crippen LogP contribution in [0.15, 0.2) is 72.8 Å². The molecule has 188 valence electrons. The van der Waals surface area contributed by atoms with E-state index in [1.165, 1.54) is 90.8 Å². The van der Waals surface area contributed by atoms with Crippen LogP contribution in [0.1, 0.15) is 91.5 Å². The third-order valence-electron chi connectivity index (χ3n) is 8.60. The molecule has 3 heteroatoms. The molecule has 6 rings (SSSR count). The molecular weight excluding hydrogens is 454 g/mol. The van der Waals surface area contributed by atoms with E-state index < -0.39 is 0 Å². The summed E-state index contributed by atoms with van der Waals surface area (Å²) in [5.74, 6) is 0.112. The van der Waals surface area contributed by atoms with E-state index in [4.69, 9.17) is 0 Å².